The van der Waals surface area contributed by atoms with E-state index in [2.05, 4.69) is 5.32 Å². The summed E-state index contributed by atoms with van der Waals surface area (Å²) in [5.74, 6) is 0.430. The Morgan fingerprint density at radius 2 is 1.77 bits per heavy atom. The average Bonchev–Trinajstić information content (AvgIpc) is 2.59. The van der Waals surface area contributed by atoms with E-state index in [0.29, 0.717) is 0 Å². The topological polar surface area (TPSA) is 58.6 Å². The Balaban J connectivity index is 1.80. The zero-order valence-corrected chi connectivity index (χ0v) is 15.8. The summed E-state index contributed by atoms with van der Waals surface area (Å²) in [6, 6.07) is 13.6. The molecule has 0 heterocycles. The summed E-state index contributed by atoms with van der Waals surface area (Å²) in [6.45, 7) is 6.16. The van der Waals surface area contributed by atoms with Crippen molar-refractivity contribution in [1.29, 1.82) is 0 Å². The minimum Gasteiger partial charge on any atom is -0.493 e. The molecule has 2 amide bonds. The van der Waals surface area contributed by atoms with Gasteiger partial charge in [-0.2, -0.15) is 0 Å². The molecular weight excluding hydrogens is 328 g/mol. The number of anilines is 1. The molecule has 2 aromatic carbocycles. The molecule has 5 nitrogen and oxygen atoms in total. The summed E-state index contributed by atoms with van der Waals surface area (Å²) in [5, 5.41) is 2.86. The second-order valence-electron chi connectivity index (χ2n) is 6.48. The third-order valence-corrected chi connectivity index (χ3v) is 4.14. The first kappa shape index (κ1) is 19.5. The summed E-state index contributed by atoms with van der Waals surface area (Å²) < 4.78 is 5.64. The van der Waals surface area contributed by atoms with E-state index >= 15 is 0 Å². The van der Waals surface area contributed by atoms with Gasteiger partial charge in [0.05, 0.1) is 19.6 Å². The molecule has 5 heteroatoms. The van der Waals surface area contributed by atoms with Crippen LogP contribution in [0.1, 0.15) is 23.1 Å². The van der Waals surface area contributed by atoms with Crippen LogP contribution in [0.5, 0.6) is 5.75 Å². The lowest BCUT2D eigenvalue weighted by Gasteiger charge is -2.18. The second-order valence-corrected chi connectivity index (χ2v) is 6.48. The number of para-hydroxylation sites is 1. The van der Waals surface area contributed by atoms with Crippen LogP contribution in [-0.2, 0) is 9.59 Å². The van der Waals surface area contributed by atoms with Gasteiger partial charge in [0, 0.05) is 12.7 Å². The van der Waals surface area contributed by atoms with Gasteiger partial charge in [-0.15, -0.1) is 0 Å². The highest BCUT2D eigenvalue weighted by atomic mass is 16.5. The number of carbonyl (C=O) groups excluding carboxylic acids is 2. The van der Waals surface area contributed by atoms with Crippen LogP contribution < -0.4 is 10.1 Å². The molecule has 1 N–H and O–H groups in total. The van der Waals surface area contributed by atoms with Crippen LogP contribution >= 0.6 is 0 Å². The van der Waals surface area contributed by atoms with Crippen molar-refractivity contribution < 1.29 is 14.3 Å². The minimum atomic E-state index is -0.214. The number of aryl methyl sites for hydroxylation is 3. The van der Waals surface area contributed by atoms with Gasteiger partial charge in [0.25, 0.3) is 0 Å². The molecule has 0 aliphatic rings. The smallest absolute Gasteiger partial charge is 0.243 e. The molecule has 0 aliphatic heterocycles. The summed E-state index contributed by atoms with van der Waals surface area (Å²) in [5.41, 5.74) is 3.87. The van der Waals surface area contributed by atoms with E-state index in [1.807, 2.05) is 63.2 Å². The van der Waals surface area contributed by atoms with Crippen molar-refractivity contribution in [3.8, 4) is 5.75 Å². The molecule has 0 unspecified atom stereocenters. The largest absolute Gasteiger partial charge is 0.493 e. The van der Waals surface area contributed by atoms with E-state index in [4.69, 9.17) is 4.74 Å². The minimum absolute atomic E-state index is 0.0105. The van der Waals surface area contributed by atoms with Gasteiger partial charge in [0.1, 0.15) is 5.75 Å². The first-order valence-electron chi connectivity index (χ1n) is 8.66. The van der Waals surface area contributed by atoms with Crippen LogP contribution in [0.4, 0.5) is 5.69 Å². The first-order valence-corrected chi connectivity index (χ1v) is 8.66. The molecule has 0 spiro atoms. The Labute approximate surface area is 155 Å². The molecule has 2 rings (SSSR count). The van der Waals surface area contributed by atoms with Gasteiger partial charge in [-0.25, -0.2) is 0 Å². The molecule has 26 heavy (non-hydrogen) atoms. The number of likely N-dealkylation sites (N-methyl/N-ethyl adjacent to an activating group) is 1. The van der Waals surface area contributed by atoms with Crippen LogP contribution in [0.25, 0.3) is 0 Å². The maximum Gasteiger partial charge on any atom is 0.243 e. The fraction of sp³-hybridized carbons (Fsp3) is 0.333. The van der Waals surface area contributed by atoms with Gasteiger partial charge < -0.3 is 15.0 Å². The van der Waals surface area contributed by atoms with Gasteiger partial charge in [0.15, 0.2) is 0 Å². The van der Waals surface area contributed by atoms with Crippen LogP contribution in [-0.4, -0.2) is 36.9 Å². The highest BCUT2D eigenvalue weighted by Crippen LogP contribution is 2.17. The van der Waals surface area contributed by atoms with Gasteiger partial charge in [-0.1, -0.05) is 30.3 Å². The SMILES string of the molecule is Cc1ccc(C)c(NC(=O)CN(C)C(=O)CCOc2ccccc2C)c1. The molecule has 0 aromatic heterocycles. The molecule has 0 saturated carbocycles. The fourth-order valence-corrected chi connectivity index (χ4v) is 2.52. The monoisotopic (exact) mass is 354 g/mol. The van der Waals surface area contributed by atoms with Gasteiger partial charge in [0.2, 0.25) is 11.8 Å². The zero-order chi connectivity index (χ0) is 19.1. The van der Waals surface area contributed by atoms with Gasteiger partial charge in [-0.3, -0.25) is 9.59 Å². The number of nitrogens with one attached hydrogen (secondary N) is 1. The molecule has 0 fully saturated rings. The molecule has 0 atom stereocenters. The molecule has 138 valence electrons. The van der Waals surface area contributed by atoms with Crippen LogP contribution in [0.3, 0.4) is 0 Å². The highest BCUT2D eigenvalue weighted by molar-refractivity contribution is 5.95. The number of nitrogens with zero attached hydrogens (tertiary/aromatic N) is 1. The van der Waals surface area contributed by atoms with Crippen LogP contribution in [0.2, 0.25) is 0 Å². The normalized spacial score (nSPS) is 10.3. The quantitative estimate of drug-likeness (QED) is 0.828. The third-order valence-electron chi connectivity index (χ3n) is 4.14. The Bertz CT molecular complexity index is 787. The Morgan fingerprint density at radius 1 is 1.04 bits per heavy atom. The number of hydrogen-bond donors (Lipinski definition) is 1. The van der Waals surface area contributed by atoms with Crippen molar-refractivity contribution in [3.05, 3.63) is 59.2 Å². The van der Waals surface area contributed by atoms with E-state index in [1.165, 1.54) is 4.90 Å². The maximum absolute atomic E-state index is 12.2. The maximum atomic E-state index is 12.2. The summed E-state index contributed by atoms with van der Waals surface area (Å²) in [6.07, 6.45) is 0.224. The Kier molecular flexibility index (Phi) is 6.78. The number of ether oxygens (including phenoxy) is 1. The zero-order valence-electron chi connectivity index (χ0n) is 15.8. The van der Waals surface area contributed by atoms with E-state index in [0.717, 1.165) is 28.1 Å². The lowest BCUT2D eigenvalue weighted by atomic mass is 10.1. The lowest BCUT2D eigenvalue weighted by molar-refractivity contribution is -0.133. The second kappa shape index (κ2) is 9.04. The van der Waals surface area contributed by atoms with Crippen molar-refractivity contribution >= 4 is 17.5 Å². The number of benzene rings is 2. The van der Waals surface area contributed by atoms with E-state index in [9.17, 15) is 9.59 Å². The van der Waals surface area contributed by atoms with Crippen LogP contribution in [0, 0.1) is 20.8 Å². The predicted octanol–water partition coefficient (Wildman–Crippen LogP) is 3.48. The summed E-state index contributed by atoms with van der Waals surface area (Å²) in [7, 11) is 1.62. The molecule has 2 aromatic rings. The number of hydrogen-bond acceptors (Lipinski definition) is 3. The van der Waals surface area contributed by atoms with Crippen molar-refractivity contribution in [2.75, 3.05) is 25.5 Å². The standard InChI is InChI=1S/C21H26N2O3/c1-15-9-10-16(2)18(13-15)22-20(24)14-23(4)21(25)11-12-26-19-8-6-5-7-17(19)3/h5-10,13H,11-12,14H2,1-4H3,(H,22,24). The average molecular weight is 354 g/mol. The third kappa shape index (κ3) is 5.62. The molecular formula is C21H26N2O3. The van der Waals surface area contributed by atoms with E-state index in [1.54, 1.807) is 7.05 Å². The molecule has 0 bridgehead atoms. The van der Waals surface area contributed by atoms with Crippen molar-refractivity contribution in [1.82, 2.24) is 4.90 Å². The molecule has 0 aliphatic carbocycles. The van der Waals surface area contributed by atoms with Crippen molar-refractivity contribution in [3.63, 3.8) is 0 Å². The van der Waals surface area contributed by atoms with Crippen molar-refractivity contribution in [2.24, 2.45) is 0 Å². The van der Waals surface area contributed by atoms with E-state index in [-0.39, 0.29) is 31.4 Å². The number of carbonyl (C=O) groups is 2. The highest BCUT2D eigenvalue weighted by Gasteiger charge is 2.14. The van der Waals surface area contributed by atoms with Crippen LogP contribution in [0.15, 0.2) is 42.5 Å². The number of amides is 2. The predicted molar refractivity (Wildman–Crippen MR) is 103 cm³/mol. The summed E-state index contributed by atoms with van der Waals surface area (Å²) in [4.78, 5) is 25.8. The fourth-order valence-electron chi connectivity index (χ4n) is 2.52. The van der Waals surface area contributed by atoms with Gasteiger partial charge >= 0.3 is 0 Å². The summed E-state index contributed by atoms with van der Waals surface area (Å²) >= 11 is 0. The van der Waals surface area contributed by atoms with E-state index < -0.39 is 0 Å². The molecule has 0 saturated heterocycles. The van der Waals surface area contributed by atoms with Gasteiger partial charge in [-0.05, 0) is 49.6 Å². The molecule has 0 radical (unpaired) electrons. The first-order chi connectivity index (χ1) is 12.4. The Hall–Kier alpha value is -2.82. The lowest BCUT2D eigenvalue weighted by Crippen LogP contribution is -2.35. The Morgan fingerprint density at radius 3 is 2.50 bits per heavy atom. The van der Waals surface area contributed by atoms with Crippen molar-refractivity contribution in [2.45, 2.75) is 27.2 Å². The number of rotatable bonds is 7.